The van der Waals surface area contributed by atoms with Gasteiger partial charge in [0.2, 0.25) is 0 Å². The van der Waals surface area contributed by atoms with Crippen LogP contribution in [0.2, 0.25) is 0 Å². The normalized spacial score (nSPS) is 12.6. The molecule has 0 amide bonds. The Balaban J connectivity index is 1.77. The van der Waals surface area contributed by atoms with Crippen molar-refractivity contribution in [1.82, 2.24) is 0 Å². The van der Waals surface area contributed by atoms with Crippen molar-refractivity contribution in [2.75, 3.05) is 17.3 Å². The second kappa shape index (κ2) is 9.15. The Hall–Kier alpha value is -4.43. The van der Waals surface area contributed by atoms with E-state index in [2.05, 4.69) is 5.32 Å². The van der Waals surface area contributed by atoms with Crippen LogP contribution >= 0.6 is 0 Å². The van der Waals surface area contributed by atoms with Crippen LogP contribution in [0.4, 0.5) is 17.1 Å². The van der Waals surface area contributed by atoms with Gasteiger partial charge in [-0.25, -0.2) is 8.42 Å². The van der Waals surface area contributed by atoms with Gasteiger partial charge in [-0.1, -0.05) is 48.5 Å². The Labute approximate surface area is 221 Å². The minimum atomic E-state index is -3.53. The molecular formula is C30H26N2O5S. The first-order chi connectivity index (χ1) is 18.0. The van der Waals surface area contributed by atoms with E-state index in [1.165, 1.54) is 0 Å². The number of nitrogens with one attached hydrogen (secondary N) is 1. The Kier molecular flexibility index (Phi) is 6.07. The molecule has 38 heavy (non-hydrogen) atoms. The molecule has 3 N–H and O–H groups in total. The number of ketones is 2. The summed E-state index contributed by atoms with van der Waals surface area (Å²) in [5.74, 6) is -0.0456. The van der Waals surface area contributed by atoms with Crippen LogP contribution in [0.25, 0.3) is 0 Å². The second-order valence-electron chi connectivity index (χ2n) is 9.44. The first kappa shape index (κ1) is 25.2. The van der Waals surface area contributed by atoms with E-state index in [4.69, 9.17) is 10.5 Å². The third kappa shape index (κ3) is 4.13. The molecule has 1 aliphatic rings. The molecule has 0 heterocycles. The summed E-state index contributed by atoms with van der Waals surface area (Å²) in [6.07, 6.45) is 1.16. The van der Waals surface area contributed by atoms with E-state index in [9.17, 15) is 18.0 Å². The Bertz CT molecular complexity index is 1760. The highest BCUT2D eigenvalue weighted by Gasteiger charge is 2.35. The molecule has 0 spiro atoms. The summed E-state index contributed by atoms with van der Waals surface area (Å²) in [7, 11) is -3.53. The summed E-state index contributed by atoms with van der Waals surface area (Å²) >= 11 is 0. The van der Waals surface area contributed by atoms with E-state index in [0.29, 0.717) is 28.3 Å². The van der Waals surface area contributed by atoms with Crippen LogP contribution in [-0.4, -0.2) is 26.2 Å². The van der Waals surface area contributed by atoms with Crippen LogP contribution in [-0.2, 0) is 9.84 Å². The summed E-state index contributed by atoms with van der Waals surface area (Å²) in [5, 5.41) is 3.27. The smallest absolute Gasteiger partial charge is 0.196 e. The zero-order chi connectivity index (χ0) is 27.4. The van der Waals surface area contributed by atoms with Gasteiger partial charge in [-0.2, -0.15) is 0 Å². The average Bonchev–Trinajstić information content (AvgIpc) is 2.86. The molecule has 8 heteroatoms. The number of nitrogens with two attached hydrogens (primary N) is 1. The highest BCUT2D eigenvalue weighted by Crippen LogP contribution is 2.44. The summed E-state index contributed by atoms with van der Waals surface area (Å²) in [5.41, 5.74) is 9.97. The summed E-state index contributed by atoms with van der Waals surface area (Å²) in [6, 6.07) is 18.9. The van der Waals surface area contributed by atoms with Crippen LogP contribution in [0.3, 0.4) is 0 Å². The Morgan fingerprint density at radius 3 is 1.97 bits per heavy atom. The van der Waals surface area contributed by atoms with E-state index in [1.807, 2.05) is 13.0 Å². The number of para-hydroxylation sites is 1. The van der Waals surface area contributed by atoms with Crippen molar-refractivity contribution in [2.24, 2.45) is 0 Å². The lowest BCUT2D eigenvalue weighted by molar-refractivity contribution is 0.0980. The van der Waals surface area contributed by atoms with E-state index >= 15 is 0 Å². The zero-order valence-electron chi connectivity index (χ0n) is 21.4. The SMILES string of the molecule is Cc1cc(C)c(S(C)(=O)=O)c(C)c1Nc1cc(Oc2ccccc2)c(N)c2c1C(=O)c1ccccc1C2=O. The lowest BCUT2D eigenvalue weighted by Gasteiger charge is -2.25. The molecule has 4 aromatic rings. The maximum atomic E-state index is 13.8. The molecule has 0 bridgehead atoms. The molecular weight excluding hydrogens is 500 g/mol. The van der Waals surface area contributed by atoms with Gasteiger partial charge in [0, 0.05) is 29.1 Å². The van der Waals surface area contributed by atoms with Gasteiger partial charge in [-0.3, -0.25) is 9.59 Å². The maximum absolute atomic E-state index is 13.8. The minimum absolute atomic E-state index is 0.0513. The number of aryl methyl sites for hydroxylation is 2. The summed E-state index contributed by atoms with van der Waals surface area (Å²) in [6.45, 7) is 5.31. The van der Waals surface area contributed by atoms with Crippen molar-refractivity contribution in [2.45, 2.75) is 25.7 Å². The van der Waals surface area contributed by atoms with Crippen molar-refractivity contribution in [3.8, 4) is 11.5 Å². The van der Waals surface area contributed by atoms with Crippen LogP contribution < -0.4 is 15.8 Å². The number of hydrogen-bond acceptors (Lipinski definition) is 7. The van der Waals surface area contributed by atoms with Gasteiger partial charge >= 0.3 is 0 Å². The van der Waals surface area contributed by atoms with Crippen LogP contribution in [0, 0.1) is 20.8 Å². The number of sulfone groups is 1. The fourth-order valence-corrected chi connectivity index (χ4v) is 6.46. The highest BCUT2D eigenvalue weighted by molar-refractivity contribution is 7.90. The number of hydrogen-bond donors (Lipinski definition) is 2. The van der Waals surface area contributed by atoms with E-state index < -0.39 is 9.84 Å². The number of ether oxygens (including phenoxy) is 1. The number of anilines is 3. The zero-order valence-corrected chi connectivity index (χ0v) is 22.2. The number of benzene rings is 4. The molecule has 0 radical (unpaired) electrons. The predicted octanol–water partition coefficient (Wildman–Crippen LogP) is 5.91. The number of rotatable bonds is 5. The van der Waals surface area contributed by atoms with Crippen LogP contribution in [0.1, 0.15) is 48.5 Å². The van der Waals surface area contributed by atoms with Gasteiger partial charge in [-0.15, -0.1) is 0 Å². The molecule has 0 fully saturated rings. The third-order valence-corrected chi connectivity index (χ3v) is 8.07. The van der Waals surface area contributed by atoms with Crippen molar-refractivity contribution in [3.63, 3.8) is 0 Å². The van der Waals surface area contributed by atoms with Crippen molar-refractivity contribution < 1.29 is 22.7 Å². The third-order valence-electron chi connectivity index (χ3n) is 6.70. The quantitative estimate of drug-likeness (QED) is 0.274. The number of carbonyl (C=O) groups excluding carboxylic acids is 2. The highest BCUT2D eigenvalue weighted by atomic mass is 32.2. The molecule has 1 aliphatic carbocycles. The Morgan fingerprint density at radius 2 is 1.37 bits per heavy atom. The van der Waals surface area contributed by atoms with E-state index in [-0.39, 0.29) is 50.2 Å². The molecule has 0 atom stereocenters. The number of nitrogen functional groups attached to an aromatic ring is 1. The fourth-order valence-electron chi connectivity index (χ4n) is 5.16. The molecule has 0 aliphatic heterocycles. The fraction of sp³-hybridized carbons (Fsp3) is 0.133. The van der Waals surface area contributed by atoms with Crippen molar-refractivity contribution in [3.05, 3.63) is 106 Å². The molecule has 0 aromatic heterocycles. The first-order valence-corrected chi connectivity index (χ1v) is 13.8. The van der Waals surface area contributed by atoms with Gasteiger partial charge in [0.05, 0.1) is 27.4 Å². The van der Waals surface area contributed by atoms with Gasteiger partial charge in [0.1, 0.15) is 5.75 Å². The second-order valence-corrected chi connectivity index (χ2v) is 11.4. The van der Waals surface area contributed by atoms with Gasteiger partial charge in [-0.05, 0) is 49.6 Å². The lowest BCUT2D eigenvalue weighted by atomic mass is 9.82. The molecule has 4 aromatic carbocycles. The van der Waals surface area contributed by atoms with Gasteiger partial charge < -0.3 is 15.8 Å². The minimum Gasteiger partial charge on any atom is -0.455 e. The molecule has 0 unspecified atom stereocenters. The van der Waals surface area contributed by atoms with Crippen molar-refractivity contribution >= 4 is 38.5 Å². The number of fused-ring (bicyclic) bond motifs is 2. The topological polar surface area (TPSA) is 116 Å². The average molecular weight is 527 g/mol. The molecule has 5 rings (SSSR count). The predicted molar refractivity (Wildman–Crippen MR) is 148 cm³/mol. The molecule has 7 nitrogen and oxygen atoms in total. The molecule has 192 valence electrons. The summed E-state index contributed by atoms with van der Waals surface area (Å²) in [4.78, 5) is 27.6. The largest absolute Gasteiger partial charge is 0.455 e. The number of carbonyl (C=O) groups is 2. The maximum Gasteiger partial charge on any atom is 0.196 e. The van der Waals surface area contributed by atoms with Gasteiger partial charge in [0.15, 0.2) is 27.2 Å². The van der Waals surface area contributed by atoms with E-state index in [0.717, 1.165) is 11.8 Å². The monoisotopic (exact) mass is 526 g/mol. The standard InChI is InChI=1S/C30H26N2O5S/c1-16-14-17(2)30(38(4,35)36)18(3)27(16)32-22-15-23(37-19-10-6-5-7-11-19)26(31)25-24(22)28(33)20-12-8-9-13-21(20)29(25)34/h5-15,32H,31H2,1-4H3. The summed E-state index contributed by atoms with van der Waals surface area (Å²) < 4.78 is 31.2. The molecule has 0 saturated heterocycles. The van der Waals surface area contributed by atoms with Gasteiger partial charge in [0.25, 0.3) is 0 Å². The molecule has 0 saturated carbocycles. The Morgan fingerprint density at radius 1 is 0.789 bits per heavy atom. The van der Waals surface area contributed by atoms with E-state index in [1.54, 1.807) is 74.5 Å². The first-order valence-electron chi connectivity index (χ1n) is 11.9. The van der Waals surface area contributed by atoms with Crippen LogP contribution in [0.15, 0.2) is 71.6 Å². The van der Waals surface area contributed by atoms with Crippen LogP contribution in [0.5, 0.6) is 11.5 Å². The lowest BCUT2D eigenvalue weighted by Crippen LogP contribution is -2.24. The van der Waals surface area contributed by atoms with Crippen molar-refractivity contribution in [1.29, 1.82) is 0 Å².